The van der Waals surface area contributed by atoms with Crippen LogP contribution in [0.3, 0.4) is 0 Å². The van der Waals surface area contributed by atoms with Gasteiger partial charge in [-0.05, 0) is 36.8 Å². The zero-order valence-electron chi connectivity index (χ0n) is 12.3. The first-order chi connectivity index (χ1) is 10.2. The van der Waals surface area contributed by atoms with Crippen LogP contribution in [0.4, 0.5) is 5.82 Å². The summed E-state index contributed by atoms with van der Waals surface area (Å²) in [6.07, 6.45) is 0. The summed E-state index contributed by atoms with van der Waals surface area (Å²) in [6.45, 7) is 2.44. The largest absolute Gasteiger partial charge is 0.493 e. The van der Waals surface area contributed by atoms with E-state index in [4.69, 9.17) is 14.7 Å². The molecule has 1 heterocycles. The molecule has 1 N–H and O–H groups in total. The topological polar surface area (TPSA) is 67.2 Å². The fraction of sp³-hybridized carbons (Fsp3) is 0.250. The van der Waals surface area contributed by atoms with E-state index in [9.17, 15) is 0 Å². The summed E-state index contributed by atoms with van der Waals surface area (Å²) >= 11 is 0. The van der Waals surface area contributed by atoms with Crippen LogP contribution in [0.25, 0.3) is 0 Å². The van der Waals surface area contributed by atoms with Crippen LogP contribution in [0.15, 0.2) is 30.3 Å². The molecule has 0 radical (unpaired) electrons. The summed E-state index contributed by atoms with van der Waals surface area (Å²) < 4.78 is 10.5. The van der Waals surface area contributed by atoms with Crippen LogP contribution in [0.5, 0.6) is 11.5 Å². The van der Waals surface area contributed by atoms with Gasteiger partial charge in [0.15, 0.2) is 11.5 Å². The third-order valence-electron chi connectivity index (χ3n) is 3.06. The van der Waals surface area contributed by atoms with Gasteiger partial charge in [0.25, 0.3) is 0 Å². The highest BCUT2D eigenvalue weighted by Gasteiger charge is 2.07. The van der Waals surface area contributed by atoms with E-state index in [1.807, 2.05) is 31.2 Å². The van der Waals surface area contributed by atoms with Gasteiger partial charge in [-0.15, -0.1) is 0 Å². The molecule has 2 aromatic rings. The molecule has 5 heteroatoms. The highest BCUT2D eigenvalue weighted by Crippen LogP contribution is 2.27. The Hall–Kier alpha value is -2.74. The first kappa shape index (κ1) is 14.7. The smallest absolute Gasteiger partial charge is 0.161 e. The number of aryl methyl sites for hydroxylation is 1. The minimum atomic E-state index is 0.529. The third-order valence-corrected chi connectivity index (χ3v) is 3.06. The van der Waals surface area contributed by atoms with Crippen LogP contribution < -0.4 is 14.8 Å². The molecule has 5 nitrogen and oxygen atoms in total. The van der Waals surface area contributed by atoms with Gasteiger partial charge in [-0.1, -0.05) is 6.07 Å². The molecule has 108 valence electrons. The van der Waals surface area contributed by atoms with Crippen LogP contribution in [-0.4, -0.2) is 19.2 Å². The predicted octanol–water partition coefficient (Wildman–Crippen LogP) is 2.89. The highest BCUT2D eigenvalue weighted by atomic mass is 16.5. The summed E-state index contributed by atoms with van der Waals surface area (Å²) in [6, 6.07) is 11.4. The van der Waals surface area contributed by atoms with Gasteiger partial charge in [-0.25, -0.2) is 4.98 Å². The number of aromatic nitrogens is 1. The van der Waals surface area contributed by atoms with Gasteiger partial charge in [-0.2, -0.15) is 5.26 Å². The van der Waals surface area contributed by atoms with Gasteiger partial charge in [0.05, 0.1) is 19.8 Å². The van der Waals surface area contributed by atoms with E-state index in [-0.39, 0.29) is 0 Å². The Morgan fingerprint density at radius 3 is 2.57 bits per heavy atom. The number of benzene rings is 1. The van der Waals surface area contributed by atoms with E-state index < -0.39 is 0 Å². The Morgan fingerprint density at radius 1 is 1.14 bits per heavy atom. The molecule has 0 atom stereocenters. The summed E-state index contributed by atoms with van der Waals surface area (Å²) in [7, 11) is 3.20. The molecule has 0 unspecified atom stereocenters. The second kappa shape index (κ2) is 6.62. The molecule has 2 rings (SSSR count). The van der Waals surface area contributed by atoms with Crippen molar-refractivity contribution in [1.29, 1.82) is 5.26 Å². The Labute approximate surface area is 124 Å². The molecule has 0 spiro atoms. The number of ether oxygens (including phenoxy) is 2. The van der Waals surface area contributed by atoms with E-state index in [0.29, 0.717) is 29.4 Å². The summed E-state index contributed by atoms with van der Waals surface area (Å²) in [4.78, 5) is 4.35. The van der Waals surface area contributed by atoms with Crippen molar-refractivity contribution in [2.24, 2.45) is 0 Å². The lowest BCUT2D eigenvalue weighted by Crippen LogP contribution is -2.04. The molecule has 0 fully saturated rings. The lowest BCUT2D eigenvalue weighted by Gasteiger charge is -2.11. The van der Waals surface area contributed by atoms with Crippen molar-refractivity contribution in [2.75, 3.05) is 19.5 Å². The number of nitriles is 1. The monoisotopic (exact) mass is 283 g/mol. The van der Waals surface area contributed by atoms with E-state index in [1.165, 1.54) is 0 Å². The molecule has 0 aliphatic carbocycles. The molecule has 0 saturated carbocycles. The average Bonchev–Trinajstić information content (AvgIpc) is 2.52. The molecule has 0 aliphatic heterocycles. The van der Waals surface area contributed by atoms with Crippen LogP contribution in [-0.2, 0) is 6.54 Å². The maximum Gasteiger partial charge on any atom is 0.161 e. The maximum atomic E-state index is 9.09. The molecule has 1 aromatic heterocycles. The highest BCUT2D eigenvalue weighted by molar-refractivity contribution is 5.53. The van der Waals surface area contributed by atoms with Crippen LogP contribution in [0.1, 0.15) is 16.8 Å². The molecule has 21 heavy (non-hydrogen) atoms. The van der Waals surface area contributed by atoms with Crippen molar-refractivity contribution in [3.63, 3.8) is 0 Å². The fourth-order valence-corrected chi connectivity index (χ4v) is 1.96. The lowest BCUT2D eigenvalue weighted by atomic mass is 10.2. The second-order valence-electron chi connectivity index (χ2n) is 4.50. The van der Waals surface area contributed by atoms with Gasteiger partial charge in [-0.3, -0.25) is 0 Å². The molecule has 0 amide bonds. The normalized spacial score (nSPS) is 9.81. The third kappa shape index (κ3) is 3.42. The first-order valence-corrected chi connectivity index (χ1v) is 6.50. The van der Waals surface area contributed by atoms with Gasteiger partial charge in [0, 0.05) is 12.2 Å². The fourth-order valence-electron chi connectivity index (χ4n) is 1.96. The number of nitrogens with one attached hydrogen (secondary N) is 1. The maximum absolute atomic E-state index is 9.09. The summed E-state index contributed by atoms with van der Waals surface area (Å²) in [5.41, 5.74) is 2.41. The number of nitrogens with zero attached hydrogens (tertiary/aromatic N) is 2. The first-order valence-electron chi connectivity index (χ1n) is 6.50. The van der Waals surface area contributed by atoms with Crippen LogP contribution in [0.2, 0.25) is 0 Å². The molecule has 0 saturated heterocycles. The Balaban J connectivity index is 2.17. The van der Waals surface area contributed by atoms with Crippen molar-refractivity contribution >= 4 is 5.82 Å². The molecule has 0 bridgehead atoms. The Morgan fingerprint density at radius 2 is 1.90 bits per heavy atom. The SMILES string of the molecule is COc1ccc(CNc2nc(C)ccc2C#N)cc1OC. The molecule has 0 aliphatic rings. The molecular formula is C16H17N3O2. The second-order valence-corrected chi connectivity index (χ2v) is 4.50. The van der Waals surface area contributed by atoms with Crippen molar-refractivity contribution in [1.82, 2.24) is 4.98 Å². The molecular weight excluding hydrogens is 266 g/mol. The van der Waals surface area contributed by atoms with Crippen molar-refractivity contribution < 1.29 is 9.47 Å². The van der Waals surface area contributed by atoms with Crippen LogP contribution >= 0.6 is 0 Å². The predicted molar refractivity (Wildman–Crippen MR) is 80.6 cm³/mol. The zero-order chi connectivity index (χ0) is 15.2. The number of pyridine rings is 1. The minimum Gasteiger partial charge on any atom is -0.493 e. The van der Waals surface area contributed by atoms with Crippen molar-refractivity contribution in [3.8, 4) is 17.6 Å². The number of anilines is 1. The summed E-state index contributed by atoms with van der Waals surface area (Å²) in [5, 5.41) is 12.3. The standard InChI is InChI=1S/C16H17N3O2/c1-11-4-6-13(9-17)16(19-11)18-10-12-5-7-14(20-2)15(8-12)21-3/h4-8H,10H2,1-3H3,(H,18,19). The van der Waals surface area contributed by atoms with Crippen LogP contribution in [0, 0.1) is 18.3 Å². The summed E-state index contributed by atoms with van der Waals surface area (Å²) in [5.74, 6) is 1.95. The average molecular weight is 283 g/mol. The Bertz CT molecular complexity index is 678. The quantitative estimate of drug-likeness (QED) is 0.913. The number of hydrogen-bond donors (Lipinski definition) is 1. The van der Waals surface area contributed by atoms with Crippen molar-refractivity contribution in [3.05, 3.63) is 47.2 Å². The Kier molecular flexibility index (Phi) is 4.62. The van der Waals surface area contributed by atoms with Gasteiger partial charge >= 0.3 is 0 Å². The van der Waals surface area contributed by atoms with Gasteiger partial charge in [0.1, 0.15) is 11.9 Å². The number of methoxy groups -OCH3 is 2. The van der Waals surface area contributed by atoms with Gasteiger partial charge < -0.3 is 14.8 Å². The van der Waals surface area contributed by atoms with E-state index >= 15 is 0 Å². The van der Waals surface area contributed by atoms with E-state index in [1.54, 1.807) is 20.3 Å². The minimum absolute atomic E-state index is 0.529. The zero-order valence-corrected chi connectivity index (χ0v) is 12.3. The lowest BCUT2D eigenvalue weighted by molar-refractivity contribution is 0.354. The van der Waals surface area contributed by atoms with Crippen molar-refractivity contribution in [2.45, 2.75) is 13.5 Å². The van der Waals surface area contributed by atoms with E-state index in [2.05, 4.69) is 16.4 Å². The van der Waals surface area contributed by atoms with E-state index in [0.717, 1.165) is 11.3 Å². The molecule has 1 aromatic carbocycles. The van der Waals surface area contributed by atoms with Gasteiger partial charge in [0.2, 0.25) is 0 Å². The number of rotatable bonds is 5. The number of hydrogen-bond acceptors (Lipinski definition) is 5.